The molecule has 1 saturated heterocycles. The summed E-state index contributed by atoms with van der Waals surface area (Å²) in [7, 11) is 4.10. The van der Waals surface area contributed by atoms with Gasteiger partial charge in [-0.3, -0.25) is 4.79 Å². The van der Waals surface area contributed by atoms with Crippen molar-refractivity contribution in [2.24, 2.45) is 0 Å². The highest BCUT2D eigenvalue weighted by Gasteiger charge is 2.36. The van der Waals surface area contributed by atoms with E-state index in [0.29, 0.717) is 10.6 Å². The number of carbonyl (C=O) groups is 1. The van der Waals surface area contributed by atoms with E-state index in [0.717, 1.165) is 13.2 Å². The first-order valence-electron chi connectivity index (χ1n) is 4.58. The molecule has 0 aliphatic carbocycles. The second kappa shape index (κ2) is 3.60. The van der Waals surface area contributed by atoms with E-state index in [1.165, 1.54) is 6.08 Å². The third kappa shape index (κ3) is 2.64. The van der Waals surface area contributed by atoms with E-state index in [2.05, 4.69) is 6.58 Å². The summed E-state index contributed by atoms with van der Waals surface area (Å²) >= 11 is 0. The molecule has 0 aromatic heterocycles. The largest absolute Gasteiger partial charge is 0.367 e. The molecule has 2 atom stereocenters. The van der Waals surface area contributed by atoms with Crippen molar-refractivity contribution in [1.29, 1.82) is 0 Å². The van der Waals surface area contributed by atoms with E-state index in [1.54, 1.807) is 0 Å². The summed E-state index contributed by atoms with van der Waals surface area (Å²) < 4.78 is 5.83. The zero-order chi connectivity index (χ0) is 10.1. The molecule has 0 N–H and O–H groups in total. The first-order valence-corrected chi connectivity index (χ1v) is 4.58. The summed E-state index contributed by atoms with van der Waals surface area (Å²) in [6.07, 6.45) is 1.76. The Morgan fingerprint density at radius 2 is 2.31 bits per heavy atom. The SMILES string of the molecule is C=CC(=O)C(C)[N+](C)(C)CC1CO1. The van der Waals surface area contributed by atoms with Gasteiger partial charge in [0.1, 0.15) is 18.7 Å². The van der Waals surface area contributed by atoms with Crippen LogP contribution in [-0.4, -0.2) is 49.7 Å². The lowest BCUT2D eigenvalue weighted by molar-refractivity contribution is -0.904. The number of nitrogens with zero attached hydrogens (tertiary/aromatic N) is 1. The van der Waals surface area contributed by atoms with Gasteiger partial charge in [-0.05, 0) is 13.0 Å². The number of rotatable bonds is 5. The molecule has 74 valence electrons. The van der Waals surface area contributed by atoms with Gasteiger partial charge in [0, 0.05) is 0 Å². The molecule has 1 aliphatic heterocycles. The van der Waals surface area contributed by atoms with Gasteiger partial charge in [0.15, 0.2) is 0 Å². The van der Waals surface area contributed by atoms with Crippen molar-refractivity contribution in [3.8, 4) is 0 Å². The molecular formula is C10H18NO2+. The first kappa shape index (κ1) is 10.4. The number of hydrogen-bond donors (Lipinski definition) is 0. The van der Waals surface area contributed by atoms with E-state index in [1.807, 2.05) is 21.0 Å². The number of hydrogen-bond acceptors (Lipinski definition) is 2. The fraction of sp³-hybridized carbons (Fsp3) is 0.700. The predicted molar refractivity (Wildman–Crippen MR) is 51.4 cm³/mol. The van der Waals surface area contributed by atoms with Crippen molar-refractivity contribution in [1.82, 2.24) is 0 Å². The van der Waals surface area contributed by atoms with E-state index in [4.69, 9.17) is 4.74 Å². The van der Waals surface area contributed by atoms with Crippen LogP contribution in [0.25, 0.3) is 0 Å². The summed E-state index contributed by atoms with van der Waals surface area (Å²) in [6, 6.07) is -0.0262. The maximum absolute atomic E-state index is 11.4. The number of epoxide rings is 1. The Bertz CT molecular complexity index is 219. The van der Waals surface area contributed by atoms with Crippen LogP contribution < -0.4 is 0 Å². The Balaban J connectivity index is 2.54. The quantitative estimate of drug-likeness (QED) is 0.356. The lowest BCUT2D eigenvalue weighted by Gasteiger charge is -2.34. The lowest BCUT2D eigenvalue weighted by Crippen LogP contribution is -2.52. The average molecular weight is 184 g/mol. The van der Waals surface area contributed by atoms with Crippen molar-refractivity contribution >= 4 is 5.78 Å². The van der Waals surface area contributed by atoms with Crippen LogP contribution in [0.3, 0.4) is 0 Å². The van der Waals surface area contributed by atoms with Crippen LogP contribution in [0.1, 0.15) is 6.92 Å². The standard InChI is InChI=1S/C10H18NO2/c1-5-10(12)8(2)11(3,4)6-9-7-13-9/h5,8-9H,1,6-7H2,2-4H3/q+1. The number of carbonyl (C=O) groups excluding carboxylic acids is 1. The Morgan fingerprint density at radius 1 is 1.77 bits per heavy atom. The van der Waals surface area contributed by atoms with E-state index in [-0.39, 0.29) is 11.8 Å². The van der Waals surface area contributed by atoms with Crippen LogP contribution in [0.15, 0.2) is 12.7 Å². The highest BCUT2D eigenvalue weighted by Crippen LogP contribution is 2.17. The topological polar surface area (TPSA) is 29.6 Å². The molecular weight excluding hydrogens is 166 g/mol. The molecule has 2 unspecified atom stereocenters. The second-order valence-corrected chi connectivity index (χ2v) is 4.20. The van der Waals surface area contributed by atoms with Crippen molar-refractivity contribution in [2.75, 3.05) is 27.2 Å². The Labute approximate surface area is 79.6 Å². The molecule has 3 nitrogen and oxygen atoms in total. The molecule has 13 heavy (non-hydrogen) atoms. The highest BCUT2D eigenvalue weighted by molar-refractivity contribution is 5.92. The highest BCUT2D eigenvalue weighted by atomic mass is 16.6. The predicted octanol–water partition coefficient (Wildman–Crippen LogP) is 0.605. The third-order valence-electron chi connectivity index (χ3n) is 2.74. The molecule has 0 aromatic rings. The van der Waals surface area contributed by atoms with Crippen LogP contribution in [0.2, 0.25) is 0 Å². The molecule has 0 spiro atoms. The molecule has 3 heteroatoms. The zero-order valence-corrected chi connectivity index (χ0v) is 8.62. The number of ether oxygens (including phenoxy) is 1. The molecule has 0 aromatic carbocycles. The molecule has 1 heterocycles. The molecule has 1 fully saturated rings. The van der Waals surface area contributed by atoms with Crippen molar-refractivity contribution in [3.63, 3.8) is 0 Å². The van der Waals surface area contributed by atoms with Gasteiger partial charge in [-0.1, -0.05) is 6.58 Å². The van der Waals surface area contributed by atoms with Gasteiger partial charge in [-0.25, -0.2) is 0 Å². The summed E-state index contributed by atoms with van der Waals surface area (Å²) in [5.41, 5.74) is 0. The summed E-state index contributed by atoms with van der Waals surface area (Å²) in [4.78, 5) is 11.4. The molecule has 0 saturated carbocycles. The van der Waals surface area contributed by atoms with Crippen LogP contribution in [0.5, 0.6) is 0 Å². The lowest BCUT2D eigenvalue weighted by atomic mass is 10.1. The van der Waals surface area contributed by atoms with Gasteiger partial charge >= 0.3 is 0 Å². The van der Waals surface area contributed by atoms with E-state index in [9.17, 15) is 4.79 Å². The monoisotopic (exact) mass is 184 g/mol. The Kier molecular flexibility index (Phi) is 2.88. The van der Waals surface area contributed by atoms with Gasteiger partial charge < -0.3 is 9.22 Å². The Morgan fingerprint density at radius 3 is 2.69 bits per heavy atom. The second-order valence-electron chi connectivity index (χ2n) is 4.20. The number of likely N-dealkylation sites (N-methyl/N-ethyl adjacent to an activating group) is 1. The van der Waals surface area contributed by atoms with Gasteiger partial charge in [-0.15, -0.1) is 0 Å². The molecule has 1 aliphatic rings. The summed E-state index contributed by atoms with van der Waals surface area (Å²) in [6.45, 7) is 7.18. The van der Waals surface area contributed by atoms with Crippen LogP contribution in [0, 0.1) is 0 Å². The van der Waals surface area contributed by atoms with Gasteiger partial charge in [0.05, 0.1) is 20.7 Å². The molecule has 1 rings (SSSR count). The van der Waals surface area contributed by atoms with E-state index < -0.39 is 0 Å². The normalized spacial score (nSPS) is 23.8. The summed E-state index contributed by atoms with van der Waals surface area (Å²) in [5.74, 6) is 0.102. The smallest absolute Gasteiger partial charge is 0.211 e. The maximum Gasteiger partial charge on any atom is 0.211 e. The van der Waals surface area contributed by atoms with Gasteiger partial charge in [0.2, 0.25) is 5.78 Å². The number of ketones is 1. The summed E-state index contributed by atoms with van der Waals surface area (Å²) in [5, 5.41) is 0. The maximum atomic E-state index is 11.4. The van der Waals surface area contributed by atoms with Crippen molar-refractivity contribution in [3.05, 3.63) is 12.7 Å². The zero-order valence-electron chi connectivity index (χ0n) is 8.62. The Hall–Kier alpha value is -0.670. The van der Waals surface area contributed by atoms with E-state index >= 15 is 0 Å². The molecule has 0 bridgehead atoms. The minimum Gasteiger partial charge on any atom is -0.367 e. The third-order valence-corrected chi connectivity index (χ3v) is 2.74. The first-order chi connectivity index (χ1) is 5.97. The molecule has 0 amide bonds. The number of quaternary nitrogens is 1. The minimum absolute atomic E-state index is 0.0262. The van der Waals surface area contributed by atoms with Crippen LogP contribution >= 0.6 is 0 Å². The van der Waals surface area contributed by atoms with Crippen molar-refractivity contribution < 1.29 is 14.0 Å². The fourth-order valence-corrected chi connectivity index (χ4v) is 1.37. The minimum atomic E-state index is -0.0262. The van der Waals surface area contributed by atoms with Gasteiger partial charge in [-0.2, -0.15) is 0 Å². The fourth-order valence-electron chi connectivity index (χ4n) is 1.37. The van der Waals surface area contributed by atoms with Crippen molar-refractivity contribution in [2.45, 2.75) is 19.1 Å². The van der Waals surface area contributed by atoms with Gasteiger partial charge in [0.25, 0.3) is 0 Å². The average Bonchev–Trinajstić information content (AvgIpc) is 2.84. The van der Waals surface area contributed by atoms with Crippen LogP contribution in [-0.2, 0) is 9.53 Å². The molecule has 0 radical (unpaired) electrons. The van der Waals surface area contributed by atoms with Crippen LogP contribution in [0.4, 0.5) is 0 Å².